The Kier molecular flexibility index (Phi) is 8.74. The molecule has 4 rings (SSSR count). The molecule has 1 aliphatic heterocycles. The van der Waals surface area contributed by atoms with Crippen LogP contribution in [0.3, 0.4) is 0 Å². The number of carbonyl (C=O) groups is 3. The van der Waals surface area contributed by atoms with Crippen LogP contribution in [0.1, 0.15) is 37.4 Å². The number of fused-ring (bicyclic) bond motifs is 1. The van der Waals surface area contributed by atoms with Gasteiger partial charge >= 0.3 is 5.97 Å². The zero-order chi connectivity index (χ0) is 27.6. The minimum atomic E-state index is -2.48. The Bertz CT molecular complexity index is 1450. The van der Waals surface area contributed by atoms with E-state index in [1.54, 1.807) is 41.3 Å². The van der Waals surface area contributed by atoms with Gasteiger partial charge in [0.1, 0.15) is 6.04 Å². The van der Waals surface area contributed by atoms with Gasteiger partial charge in [0.15, 0.2) is 0 Å². The van der Waals surface area contributed by atoms with Crippen molar-refractivity contribution in [3.8, 4) is 0 Å². The van der Waals surface area contributed by atoms with Gasteiger partial charge in [-0.05, 0) is 76.7 Å². The van der Waals surface area contributed by atoms with E-state index in [1.807, 2.05) is 0 Å². The summed E-state index contributed by atoms with van der Waals surface area (Å²) < 4.78 is 22.5. The molecule has 0 saturated heterocycles. The van der Waals surface area contributed by atoms with Gasteiger partial charge in [-0.1, -0.05) is 46.9 Å². The second-order valence-corrected chi connectivity index (χ2v) is 10.8. The van der Waals surface area contributed by atoms with E-state index < -0.39 is 29.0 Å². The maximum absolute atomic E-state index is 13.1. The Hall–Kier alpha value is -2.95. The van der Waals surface area contributed by atoms with Crippen molar-refractivity contribution in [2.45, 2.75) is 30.3 Å². The molecule has 0 aromatic heterocycles. The molecule has 2 amide bonds. The minimum Gasteiger partial charge on any atom is -0.768 e. The average Bonchev–Trinajstić information content (AvgIpc) is 2.88. The number of amides is 2. The standard InChI is InChI=1S/C26H21Cl3N2O6S/c27-17-6-4-15(5-7-17)25(33)31-9-8-19-16(13-31)12-20(28)22(23(19)29)24(32)30-21(26(34)35)11-14-2-1-3-18(10-14)38(36)37/h1-7,10,12,21H,8-9,11,13H2,(H,30,32)(H,34,35)(H,36,37)/p-1/t21-/m0/s1. The summed E-state index contributed by atoms with van der Waals surface area (Å²) in [5, 5.41) is 12.7. The largest absolute Gasteiger partial charge is 0.768 e. The average molecular weight is 595 g/mol. The van der Waals surface area contributed by atoms with Crippen LogP contribution in [0.15, 0.2) is 59.5 Å². The SMILES string of the molecule is O=C(N[C@@H](Cc1cccc(S(=O)[O-])c1)C(=O)O)c1c(Cl)cc2c(c1Cl)CCN(C(=O)c1ccc(Cl)cc1)C2. The van der Waals surface area contributed by atoms with Crippen LogP contribution in [0.5, 0.6) is 0 Å². The number of nitrogens with one attached hydrogen (secondary N) is 1. The number of carboxylic acid groups (broad SMARTS) is 1. The second-order valence-electron chi connectivity index (χ2n) is 8.62. The van der Waals surface area contributed by atoms with E-state index in [1.165, 1.54) is 18.2 Å². The number of carboxylic acids is 1. The number of benzene rings is 3. The van der Waals surface area contributed by atoms with Crippen LogP contribution in [-0.4, -0.2) is 49.1 Å². The van der Waals surface area contributed by atoms with E-state index in [4.69, 9.17) is 34.8 Å². The van der Waals surface area contributed by atoms with Gasteiger partial charge in [0, 0.05) is 35.0 Å². The lowest BCUT2D eigenvalue weighted by Gasteiger charge is -2.30. The van der Waals surface area contributed by atoms with Crippen LogP contribution in [0.4, 0.5) is 0 Å². The van der Waals surface area contributed by atoms with Crippen molar-refractivity contribution in [2.24, 2.45) is 0 Å². The topological polar surface area (TPSA) is 127 Å². The van der Waals surface area contributed by atoms with Gasteiger partial charge in [-0.3, -0.25) is 13.8 Å². The molecule has 3 aromatic rings. The first-order chi connectivity index (χ1) is 18.0. The highest BCUT2D eigenvalue weighted by molar-refractivity contribution is 7.79. The first kappa shape index (κ1) is 28.1. The number of hydrogen-bond donors (Lipinski definition) is 2. The van der Waals surface area contributed by atoms with Gasteiger partial charge in [-0.25, -0.2) is 4.79 Å². The molecule has 0 radical (unpaired) electrons. The van der Waals surface area contributed by atoms with Crippen LogP contribution in [0.2, 0.25) is 15.1 Å². The molecule has 12 heteroatoms. The first-order valence-electron chi connectivity index (χ1n) is 11.3. The van der Waals surface area contributed by atoms with Gasteiger partial charge in [-0.15, -0.1) is 0 Å². The van der Waals surface area contributed by atoms with E-state index in [9.17, 15) is 28.3 Å². The summed E-state index contributed by atoms with van der Waals surface area (Å²) in [7, 11) is 0. The van der Waals surface area contributed by atoms with Gasteiger partial charge in [0.2, 0.25) is 0 Å². The van der Waals surface area contributed by atoms with Gasteiger partial charge in [0.25, 0.3) is 11.8 Å². The van der Waals surface area contributed by atoms with Crippen LogP contribution in [0, 0.1) is 0 Å². The Balaban J connectivity index is 1.53. The van der Waals surface area contributed by atoms with Crippen LogP contribution in [-0.2, 0) is 35.3 Å². The zero-order valence-electron chi connectivity index (χ0n) is 19.6. The van der Waals surface area contributed by atoms with E-state index in [2.05, 4.69) is 5.32 Å². The smallest absolute Gasteiger partial charge is 0.326 e. The fourth-order valence-corrected chi connectivity index (χ4v) is 5.58. The first-order valence-corrected chi connectivity index (χ1v) is 13.5. The highest BCUT2D eigenvalue weighted by Crippen LogP contribution is 2.35. The van der Waals surface area contributed by atoms with E-state index in [0.29, 0.717) is 40.2 Å². The molecule has 0 bridgehead atoms. The maximum Gasteiger partial charge on any atom is 0.326 e. The number of carbonyl (C=O) groups excluding carboxylic acids is 2. The molecule has 1 heterocycles. The Morgan fingerprint density at radius 2 is 1.79 bits per heavy atom. The number of nitrogens with zero attached hydrogens (tertiary/aromatic N) is 1. The molecule has 38 heavy (non-hydrogen) atoms. The highest BCUT2D eigenvalue weighted by atomic mass is 35.5. The number of halogens is 3. The maximum atomic E-state index is 13.1. The van der Waals surface area contributed by atoms with Gasteiger partial charge < -0.3 is 19.9 Å². The van der Waals surface area contributed by atoms with Crippen molar-refractivity contribution >= 4 is 63.7 Å². The highest BCUT2D eigenvalue weighted by Gasteiger charge is 2.29. The zero-order valence-corrected chi connectivity index (χ0v) is 22.7. The number of aliphatic carboxylic acids is 1. The molecule has 2 atom stereocenters. The quantitative estimate of drug-likeness (QED) is 0.388. The molecule has 1 unspecified atom stereocenters. The third-order valence-corrected chi connectivity index (χ3v) is 7.75. The normalized spacial score (nSPS) is 14.4. The molecule has 0 saturated carbocycles. The molecule has 198 valence electrons. The second kappa shape index (κ2) is 11.8. The summed E-state index contributed by atoms with van der Waals surface area (Å²) in [6.45, 7) is 0.583. The van der Waals surface area contributed by atoms with E-state index >= 15 is 0 Å². The number of rotatable bonds is 7. The molecule has 0 aliphatic carbocycles. The fourth-order valence-electron chi connectivity index (χ4n) is 4.25. The molecule has 3 aromatic carbocycles. The third-order valence-electron chi connectivity index (χ3n) is 6.14. The molecule has 8 nitrogen and oxygen atoms in total. The number of hydrogen-bond acceptors (Lipinski definition) is 5. The lowest BCUT2D eigenvalue weighted by molar-refractivity contribution is -0.139. The summed E-state index contributed by atoms with van der Waals surface area (Å²) in [6, 6.07) is 12.5. The Morgan fingerprint density at radius 1 is 1.08 bits per heavy atom. The fraction of sp³-hybridized carbons (Fsp3) is 0.192. The summed E-state index contributed by atoms with van der Waals surface area (Å²) in [6.07, 6.45) is 0.209. The molecule has 1 aliphatic rings. The third kappa shape index (κ3) is 6.19. The van der Waals surface area contributed by atoms with Crippen molar-refractivity contribution in [1.82, 2.24) is 10.2 Å². The summed E-state index contributed by atoms with van der Waals surface area (Å²) in [5.74, 6) is -2.28. The predicted molar refractivity (Wildman–Crippen MR) is 143 cm³/mol. The summed E-state index contributed by atoms with van der Waals surface area (Å²) in [4.78, 5) is 39.6. The van der Waals surface area contributed by atoms with Crippen molar-refractivity contribution < 1.29 is 28.3 Å². The molecule has 0 fully saturated rings. The summed E-state index contributed by atoms with van der Waals surface area (Å²) >= 11 is 16.4. The monoisotopic (exact) mass is 593 g/mol. The molecule has 2 N–H and O–H groups in total. The van der Waals surface area contributed by atoms with Crippen LogP contribution >= 0.6 is 34.8 Å². The van der Waals surface area contributed by atoms with Crippen molar-refractivity contribution in [3.05, 3.63) is 97.5 Å². The lowest BCUT2D eigenvalue weighted by atomic mass is 9.95. The molecular formula is C26H20Cl3N2O6S-. The predicted octanol–water partition coefficient (Wildman–Crippen LogP) is 4.51. The van der Waals surface area contributed by atoms with Crippen LogP contribution < -0.4 is 5.32 Å². The van der Waals surface area contributed by atoms with Crippen molar-refractivity contribution in [1.29, 1.82) is 0 Å². The van der Waals surface area contributed by atoms with Crippen LogP contribution in [0.25, 0.3) is 0 Å². The van der Waals surface area contributed by atoms with E-state index in [-0.39, 0.29) is 39.4 Å². The molecule has 0 spiro atoms. The van der Waals surface area contributed by atoms with E-state index in [0.717, 1.165) is 0 Å². The van der Waals surface area contributed by atoms with Crippen molar-refractivity contribution in [3.63, 3.8) is 0 Å². The summed E-state index contributed by atoms with van der Waals surface area (Å²) in [5.41, 5.74) is 2.16. The lowest BCUT2D eigenvalue weighted by Crippen LogP contribution is -2.42. The molecular weight excluding hydrogens is 575 g/mol. The minimum absolute atomic E-state index is 0.00216. The Labute approximate surface area is 235 Å². The Morgan fingerprint density at radius 3 is 2.45 bits per heavy atom. The van der Waals surface area contributed by atoms with Gasteiger partial charge in [0.05, 0.1) is 15.6 Å². The van der Waals surface area contributed by atoms with Gasteiger partial charge in [-0.2, -0.15) is 0 Å². The van der Waals surface area contributed by atoms with Crippen molar-refractivity contribution in [2.75, 3.05) is 6.54 Å².